The van der Waals surface area contributed by atoms with Crippen molar-refractivity contribution in [1.82, 2.24) is 10.2 Å². The largest absolute Gasteiger partial charge is 0.480 e. The Morgan fingerprint density at radius 2 is 2.00 bits per heavy atom. The summed E-state index contributed by atoms with van der Waals surface area (Å²) < 4.78 is 4.95. The topological polar surface area (TPSA) is 61.0 Å². The van der Waals surface area contributed by atoms with Gasteiger partial charge in [0.2, 0.25) is 5.88 Å². The third-order valence-corrected chi connectivity index (χ3v) is 2.55. The predicted octanol–water partition coefficient (Wildman–Crippen LogP) is 2.31. The van der Waals surface area contributed by atoms with Gasteiger partial charge in [-0.3, -0.25) is 0 Å². The smallest absolute Gasteiger partial charge is 0.233 e. The number of nitrogens with two attached hydrogens (primary N) is 1. The standard InChI is InChI=1S/C12H21N3O/c1-9(2)5-4-6-10(13)11-7-8-12(16-3)15-14-11/h7-10H,4-6,13H2,1-3H3. The molecule has 2 N–H and O–H groups in total. The fourth-order valence-corrected chi connectivity index (χ4v) is 1.53. The first-order chi connectivity index (χ1) is 7.63. The molecule has 1 rings (SSSR count). The number of methoxy groups -OCH3 is 1. The van der Waals surface area contributed by atoms with E-state index in [0.717, 1.165) is 24.5 Å². The maximum absolute atomic E-state index is 6.03. The molecular formula is C12H21N3O. The maximum Gasteiger partial charge on any atom is 0.233 e. The van der Waals surface area contributed by atoms with Crippen LogP contribution in [-0.2, 0) is 0 Å². The summed E-state index contributed by atoms with van der Waals surface area (Å²) in [7, 11) is 1.58. The molecule has 16 heavy (non-hydrogen) atoms. The van der Waals surface area contributed by atoms with E-state index >= 15 is 0 Å². The molecule has 0 spiro atoms. The predicted molar refractivity (Wildman–Crippen MR) is 64.2 cm³/mol. The summed E-state index contributed by atoms with van der Waals surface area (Å²) in [5, 5.41) is 7.96. The van der Waals surface area contributed by atoms with Crippen LogP contribution in [-0.4, -0.2) is 17.3 Å². The highest BCUT2D eigenvalue weighted by molar-refractivity contribution is 5.13. The van der Waals surface area contributed by atoms with Gasteiger partial charge in [0.05, 0.1) is 12.8 Å². The molecule has 4 nitrogen and oxygen atoms in total. The average molecular weight is 223 g/mol. The molecule has 0 saturated carbocycles. The van der Waals surface area contributed by atoms with E-state index in [2.05, 4.69) is 24.0 Å². The number of aromatic nitrogens is 2. The zero-order chi connectivity index (χ0) is 12.0. The van der Waals surface area contributed by atoms with Crippen LogP contribution in [0.15, 0.2) is 12.1 Å². The van der Waals surface area contributed by atoms with Crippen LogP contribution in [0.4, 0.5) is 0 Å². The molecule has 0 aliphatic heterocycles. The minimum Gasteiger partial charge on any atom is -0.480 e. The summed E-state index contributed by atoms with van der Waals surface area (Å²) in [6.45, 7) is 4.44. The first-order valence-electron chi connectivity index (χ1n) is 5.76. The van der Waals surface area contributed by atoms with Crippen molar-refractivity contribution in [2.45, 2.75) is 39.2 Å². The van der Waals surface area contributed by atoms with Crippen molar-refractivity contribution >= 4 is 0 Å². The molecule has 0 bridgehead atoms. The minimum absolute atomic E-state index is 0.0165. The van der Waals surface area contributed by atoms with Gasteiger partial charge >= 0.3 is 0 Å². The van der Waals surface area contributed by atoms with Crippen LogP contribution in [0, 0.1) is 5.92 Å². The van der Waals surface area contributed by atoms with Crippen molar-refractivity contribution in [2.75, 3.05) is 7.11 Å². The van der Waals surface area contributed by atoms with Crippen molar-refractivity contribution < 1.29 is 4.74 Å². The fourth-order valence-electron chi connectivity index (χ4n) is 1.53. The third-order valence-electron chi connectivity index (χ3n) is 2.55. The van der Waals surface area contributed by atoms with Gasteiger partial charge in [-0.1, -0.05) is 26.7 Å². The third kappa shape index (κ3) is 4.14. The van der Waals surface area contributed by atoms with Crippen molar-refractivity contribution in [2.24, 2.45) is 11.7 Å². The lowest BCUT2D eigenvalue weighted by molar-refractivity contribution is 0.389. The van der Waals surface area contributed by atoms with Crippen molar-refractivity contribution in [3.63, 3.8) is 0 Å². The quantitative estimate of drug-likeness (QED) is 0.804. The molecule has 0 aliphatic carbocycles. The second-order valence-corrected chi connectivity index (χ2v) is 4.43. The normalized spacial score (nSPS) is 12.8. The minimum atomic E-state index is -0.0165. The number of hydrogen-bond acceptors (Lipinski definition) is 4. The summed E-state index contributed by atoms with van der Waals surface area (Å²) >= 11 is 0. The van der Waals surface area contributed by atoms with Crippen molar-refractivity contribution in [3.05, 3.63) is 17.8 Å². The number of ether oxygens (including phenoxy) is 1. The Morgan fingerprint density at radius 3 is 2.50 bits per heavy atom. The van der Waals surface area contributed by atoms with E-state index < -0.39 is 0 Å². The lowest BCUT2D eigenvalue weighted by Crippen LogP contribution is -2.13. The summed E-state index contributed by atoms with van der Waals surface area (Å²) in [6.07, 6.45) is 3.29. The van der Waals surface area contributed by atoms with Gasteiger partial charge in [0.1, 0.15) is 0 Å². The van der Waals surface area contributed by atoms with E-state index in [1.165, 1.54) is 6.42 Å². The van der Waals surface area contributed by atoms with Gasteiger partial charge in [0.15, 0.2) is 0 Å². The van der Waals surface area contributed by atoms with Gasteiger partial charge < -0.3 is 10.5 Å². The molecule has 0 fully saturated rings. The van der Waals surface area contributed by atoms with Gasteiger partial charge in [-0.25, -0.2) is 0 Å². The second kappa shape index (κ2) is 6.43. The summed E-state index contributed by atoms with van der Waals surface area (Å²) in [6, 6.07) is 3.66. The average Bonchev–Trinajstić information content (AvgIpc) is 2.28. The number of hydrogen-bond donors (Lipinski definition) is 1. The Kier molecular flexibility index (Phi) is 5.19. The highest BCUT2D eigenvalue weighted by Gasteiger charge is 2.08. The van der Waals surface area contributed by atoms with Crippen molar-refractivity contribution in [1.29, 1.82) is 0 Å². The molecule has 1 aromatic heterocycles. The van der Waals surface area contributed by atoms with E-state index in [-0.39, 0.29) is 6.04 Å². The lowest BCUT2D eigenvalue weighted by Gasteiger charge is -2.11. The van der Waals surface area contributed by atoms with E-state index in [9.17, 15) is 0 Å². The van der Waals surface area contributed by atoms with Gasteiger partial charge in [-0.05, 0) is 18.4 Å². The van der Waals surface area contributed by atoms with Crippen LogP contribution in [0.5, 0.6) is 5.88 Å². The Hall–Kier alpha value is -1.16. The molecule has 90 valence electrons. The van der Waals surface area contributed by atoms with E-state index in [1.807, 2.05) is 6.07 Å². The van der Waals surface area contributed by atoms with E-state index in [0.29, 0.717) is 5.88 Å². The van der Waals surface area contributed by atoms with Gasteiger partial charge in [0.25, 0.3) is 0 Å². The van der Waals surface area contributed by atoms with Crippen LogP contribution in [0.2, 0.25) is 0 Å². The summed E-state index contributed by atoms with van der Waals surface area (Å²) in [4.78, 5) is 0. The first kappa shape index (κ1) is 12.9. The van der Waals surface area contributed by atoms with Crippen LogP contribution < -0.4 is 10.5 Å². The Morgan fingerprint density at radius 1 is 1.25 bits per heavy atom. The lowest BCUT2D eigenvalue weighted by atomic mass is 10.0. The van der Waals surface area contributed by atoms with Crippen LogP contribution in [0.25, 0.3) is 0 Å². The first-order valence-corrected chi connectivity index (χ1v) is 5.76. The van der Waals surface area contributed by atoms with Gasteiger partial charge in [-0.2, -0.15) is 5.10 Å². The van der Waals surface area contributed by atoms with Crippen LogP contribution in [0.3, 0.4) is 0 Å². The Labute approximate surface area is 97.2 Å². The molecule has 0 saturated heterocycles. The van der Waals surface area contributed by atoms with Crippen LogP contribution in [0.1, 0.15) is 44.8 Å². The Balaban J connectivity index is 2.43. The molecule has 0 radical (unpaired) electrons. The maximum atomic E-state index is 6.03. The fraction of sp³-hybridized carbons (Fsp3) is 0.667. The van der Waals surface area contributed by atoms with E-state index in [4.69, 9.17) is 10.5 Å². The molecule has 4 heteroatoms. The molecule has 1 unspecified atom stereocenters. The molecule has 1 atom stereocenters. The number of rotatable bonds is 6. The molecule has 1 heterocycles. The van der Waals surface area contributed by atoms with Gasteiger partial charge in [0, 0.05) is 12.1 Å². The second-order valence-electron chi connectivity index (χ2n) is 4.43. The SMILES string of the molecule is COc1ccc(C(N)CCCC(C)C)nn1. The number of nitrogens with zero attached hydrogens (tertiary/aromatic N) is 2. The van der Waals surface area contributed by atoms with E-state index in [1.54, 1.807) is 13.2 Å². The van der Waals surface area contributed by atoms with Crippen molar-refractivity contribution in [3.8, 4) is 5.88 Å². The zero-order valence-corrected chi connectivity index (χ0v) is 10.3. The summed E-state index contributed by atoms with van der Waals surface area (Å²) in [5.74, 6) is 1.26. The highest BCUT2D eigenvalue weighted by atomic mass is 16.5. The molecule has 0 aliphatic rings. The zero-order valence-electron chi connectivity index (χ0n) is 10.3. The molecule has 0 amide bonds. The molecule has 0 aromatic carbocycles. The summed E-state index contributed by atoms with van der Waals surface area (Å²) in [5.41, 5.74) is 6.87. The van der Waals surface area contributed by atoms with Crippen LogP contribution >= 0.6 is 0 Å². The molecule has 1 aromatic rings. The molecular weight excluding hydrogens is 202 g/mol. The van der Waals surface area contributed by atoms with Gasteiger partial charge in [-0.15, -0.1) is 5.10 Å². The monoisotopic (exact) mass is 223 g/mol. The Bertz CT molecular complexity index is 298. The highest BCUT2D eigenvalue weighted by Crippen LogP contribution is 2.17.